The van der Waals surface area contributed by atoms with Crippen LogP contribution in [0.4, 0.5) is 0 Å². The Morgan fingerprint density at radius 3 is 3.08 bits per heavy atom. The van der Waals surface area contributed by atoms with E-state index in [-0.39, 0.29) is 11.9 Å². The van der Waals surface area contributed by atoms with Crippen LogP contribution in [0.2, 0.25) is 0 Å². The van der Waals surface area contributed by atoms with Gasteiger partial charge in [-0.25, -0.2) is 9.97 Å². The first-order valence-corrected chi connectivity index (χ1v) is 8.10. The molecule has 0 radical (unpaired) electrons. The zero-order valence-corrected chi connectivity index (χ0v) is 13.8. The van der Waals surface area contributed by atoms with E-state index in [0.717, 1.165) is 11.3 Å². The fraction of sp³-hybridized carbons (Fsp3) is 0.278. The predicted octanol–water partition coefficient (Wildman–Crippen LogP) is 2.46. The van der Waals surface area contributed by atoms with Crippen molar-refractivity contribution in [2.24, 2.45) is 0 Å². The molecule has 0 bridgehead atoms. The van der Waals surface area contributed by atoms with E-state index < -0.39 is 0 Å². The molecular weight excluding hydrogens is 320 g/mol. The van der Waals surface area contributed by atoms with Crippen LogP contribution in [-0.4, -0.2) is 38.5 Å². The lowest BCUT2D eigenvalue weighted by Crippen LogP contribution is -2.42. The summed E-state index contributed by atoms with van der Waals surface area (Å²) in [5.74, 6) is 0.838. The molecule has 0 aromatic carbocycles. The zero-order valence-electron chi connectivity index (χ0n) is 13.8. The van der Waals surface area contributed by atoms with Crippen LogP contribution in [0.25, 0.3) is 0 Å². The molecule has 7 nitrogen and oxygen atoms in total. The van der Waals surface area contributed by atoms with E-state index in [9.17, 15) is 4.79 Å². The SMILES string of the molecule is Cc1ccoc1C(=O)N1Cc2cncn2C(COc2ccccn2)C1. The third-order valence-corrected chi connectivity index (χ3v) is 4.33. The summed E-state index contributed by atoms with van der Waals surface area (Å²) in [6.07, 6.45) is 6.79. The molecule has 128 valence electrons. The van der Waals surface area contributed by atoms with Gasteiger partial charge in [0.2, 0.25) is 5.88 Å². The molecule has 0 saturated heterocycles. The van der Waals surface area contributed by atoms with Crippen molar-refractivity contribution in [1.29, 1.82) is 0 Å². The molecule has 25 heavy (non-hydrogen) atoms. The first-order valence-electron chi connectivity index (χ1n) is 8.10. The maximum atomic E-state index is 12.8. The summed E-state index contributed by atoms with van der Waals surface area (Å²) in [5, 5.41) is 0. The third-order valence-electron chi connectivity index (χ3n) is 4.33. The predicted molar refractivity (Wildman–Crippen MR) is 89.2 cm³/mol. The normalized spacial score (nSPS) is 16.5. The Balaban J connectivity index is 1.53. The largest absolute Gasteiger partial charge is 0.475 e. The number of fused-ring (bicyclic) bond motifs is 1. The molecule has 1 atom stereocenters. The Kier molecular flexibility index (Phi) is 3.97. The van der Waals surface area contributed by atoms with Gasteiger partial charge < -0.3 is 18.6 Å². The Hall–Kier alpha value is -3.09. The third kappa shape index (κ3) is 3.00. The van der Waals surface area contributed by atoms with Gasteiger partial charge in [-0.15, -0.1) is 0 Å². The van der Waals surface area contributed by atoms with E-state index in [1.165, 1.54) is 0 Å². The number of hydrogen-bond acceptors (Lipinski definition) is 5. The van der Waals surface area contributed by atoms with Crippen LogP contribution in [0.1, 0.15) is 27.9 Å². The lowest BCUT2D eigenvalue weighted by Gasteiger charge is -2.33. The summed E-state index contributed by atoms with van der Waals surface area (Å²) in [4.78, 5) is 22.9. The van der Waals surface area contributed by atoms with E-state index in [2.05, 4.69) is 14.5 Å². The van der Waals surface area contributed by atoms with E-state index >= 15 is 0 Å². The number of aryl methyl sites for hydroxylation is 1. The van der Waals surface area contributed by atoms with Crippen LogP contribution >= 0.6 is 0 Å². The second-order valence-corrected chi connectivity index (χ2v) is 6.04. The fourth-order valence-electron chi connectivity index (χ4n) is 3.02. The highest BCUT2D eigenvalue weighted by Crippen LogP contribution is 2.24. The van der Waals surface area contributed by atoms with Crippen molar-refractivity contribution in [2.75, 3.05) is 13.2 Å². The van der Waals surface area contributed by atoms with Gasteiger partial charge in [-0.2, -0.15) is 0 Å². The summed E-state index contributed by atoms with van der Waals surface area (Å²) in [5.41, 5.74) is 1.81. The van der Waals surface area contributed by atoms with Gasteiger partial charge in [-0.1, -0.05) is 6.07 Å². The van der Waals surface area contributed by atoms with Crippen LogP contribution in [0.5, 0.6) is 5.88 Å². The van der Waals surface area contributed by atoms with Gasteiger partial charge in [0.25, 0.3) is 5.91 Å². The lowest BCUT2D eigenvalue weighted by molar-refractivity contribution is 0.0613. The number of aromatic nitrogens is 3. The molecule has 0 spiro atoms. The van der Waals surface area contributed by atoms with Crippen LogP contribution < -0.4 is 4.74 Å². The van der Waals surface area contributed by atoms with Gasteiger partial charge in [-0.3, -0.25) is 4.79 Å². The molecule has 0 aliphatic carbocycles. The van der Waals surface area contributed by atoms with Crippen LogP contribution in [-0.2, 0) is 6.54 Å². The molecular formula is C18H18N4O3. The molecule has 7 heteroatoms. The first kappa shape index (κ1) is 15.4. The Bertz CT molecular complexity index is 871. The molecule has 1 aliphatic heterocycles. The summed E-state index contributed by atoms with van der Waals surface area (Å²) < 4.78 is 13.2. The van der Waals surface area contributed by atoms with Gasteiger partial charge in [0.1, 0.15) is 6.61 Å². The maximum absolute atomic E-state index is 12.8. The zero-order chi connectivity index (χ0) is 17.2. The number of amides is 1. The van der Waals surface area contributed by atoms with E-state index in [1.807, 2.05) is 25.1 Å². The molecule has 0 saturated carbocycles. The summed E-state index contributed by atoms with van der Waals surface area (Å²) >= 11 is 0. The average Bonchev–Trinajstić information content (AvgIpc) is 3.28. The van der Waals surface area contributed by atoms with Gasteiger partial charge in [0.15, 0.2) is 5.76 Å². The smallest absolute Gasteiger partial charge is 0.290 e. The van der Waals surface area contributed by atoms with E-state index in [0.29, 0.717) is 31.3 Å². The highest BCUT2D eigenvalue weighted by molar-refractivity contribution is 5.92. The van der Waals surface area contributed by atoms with Crippen molar-refractivity contribution in [1.82, 2.24) is 19.4 Å². The van der Waals surface area contributed by atoms with Crippen LogP contribution in [0, 0.1) is 6.92 Å². The fourth-order valence-corrected chi connectivity index (χ4v) is 3.02. The molecule has 0 fully saturated rings. The standard InChI is InChI=1S/C18H18N4O3/c1-13-5-7-24-17(13)18(23)21-9-14-8-19-12-22(14)15(10-21)11-25-16-4-2-3-6-20-16/h2-8,12,15H,9-11H2,1H3. The first-order chi connectivity index (χ1) is 12.2. The Morgan fingerprint density at radius 2 is 2.32 bits per heavy atom. The molecule has 3 aromatic rings. The molecule has 4 rings (SSSR count). The monoisotopic (exact) mass is 338 g/mol. The minimum Gasteiger partial charge on any atom is -0.475 e. The number of rotatable bonds is 4. The number of imidazole rings is 1. The molecule has 0 N–H and O–H groups in total. The highest BCUT2D eigenvalue weighted by atomic mass is 16.5. The number of carbonyl (C=O) groups excluding carboxylic acids is 1. The molecule has 1 aliphatic rings. The molecule has 1 unspecified atom stereocenters. The van der Waals surface area contributed by atoms with Crippen LogP contribution in [0.15, 0.2) is 53.7 Å². The Morgan fingerprint density at radius 1 is 1.40 bits per heavy atom. The van der Waals surface area contributed by atoms with Crippen molar-refractivity contribution in [3.63, 3.8) is 0 Å². The Labute approximate surface area is 144 Å². The molecule has 4 heterocycles. The van der Waals surface area contributed by atoms with Gasteiger partial charge in [0.05, 0.1) is 30.9 Å². The number of hydrogen-bond donors (Lipinski definition) is 0. The number of furan rings is 1. The number of carbonyl (C=O) groups is 1. The van der Waals surface area contributed by atoms with Crippen molar-refractivity contribution < 1.29 is 13.9 Å². The summed E-state index contributed by atoms with van der Waals surface area (Å²) in [6, 6.07) is 7.29. The van der Waals surface area contributed by atoms with Gasteiger partial charge in [-0.05, 0) is 19.1 Å². The van der Waals surface area contributed by atoms with Crippen LogP contribution in [0.3, 0.4) is 0 Å². The van der Waals surface area contributed by atoms with Crippen molar-refractivity contribution >= 4 is 5.91 Å². The highest BCUT2D eigenvalue weighted by Gasteiger charge is 2.30. The van der Waals surface area contributed by atoms with Crippen molar-refractivity contribution in [3.05, 3.63) is 66.3 Å². The lowest BCUT2D eigenvalue weighted by atomic mass is 10.1. The number of ether oxygens (including phenoxy) is 1. The average molecular weight is 338 g/mol. The number of nitrogens with zero attached hydrogens (tertiary/aromatic N) is 4. The summed E-state index contributed by atoms with van der Waals surface area (Å²) in [6.45, 7) is 3.29. The van der Waals surface area contributed by atoms with Gasteiger partial charge >= 0.3 is 0 Å². The maximum Gasteiger partial charge on any atom is 0.290 e. The minimum absolute atomic E-state index is 0.0347. The second kappa shape index (κ2) is 6.43. The number of pyridine rings is 1. The van der Waals surface area contributed by atoms with Gasteiger partial charge in [0, 0.05) is 30.6 Å². The van der Waals surface area contributed by atoms with Crippen molar-refractivity contribution in [3.8, 4) is 5.88 Å². The van der Waals surface area contributed by atoms with E-state index in [1.54, 1.807) is 36.0 Å². The van der Waals surface area contributed by atoms with Crippen molar-refractivity contribution in [2.45, 2.75) is 19.5 Å². The van der Waals surface area contributed by atoms with E-state index in [4.69, 9.17) is 9.15 Å². The molecule has 1 amide bonds. The quantitative estimate of drug-likeness (QED) is 0.730. The topological polar surface area (TPSA) is 73.4 Å². The summed E-state index contributed by atoms with van der Waals surface area (Å²) in [7, 11) is 0. The molecule has 3 aromatic heterocycles. The minimum atomic E-state index is -0.113. The second-order valence-electron chi connectivity index (χ2n) is 6.04.